The molecule has 1 aliphatic heterocycles. The molecule has 10 heteroatoms. The first-order valence-corrected chi connectivity index (χ1v) is 13.3. The molecule has 0 bridgehead atoms. The van der Waals surface area contributed by atoms with E-state index < -0.39 is 10.0 Å². The molecule has 1 amide bonds. The molecule has 2 aliphatic rings. The summed E-state index contributed by atoms with van der Waals surface area (Å²) in [4.78, 5) is 20.0. The smallest absolute Gasteiger partial charge is 0.261 e. The maximum atomic E-state index is 13.3. The van der Waals surface area contributed by atoms with Gasteiger partial charge in [-0.15, -0.1) is 0 Å². The highest BCUT2D eigenvalue weighted by Crippen LogP contribution is 2.25. The molecular weight excluding hydrogens is 462 g/mol. The standard InChI is InChI=1S/C23H30ClN5O3S/c24-17-7-9-20(10-8-17)33(31,32)28-19-15-21(22(26-16-19)29-13-11-25-12-14-29)23(30)27-18-5-3-1-2-4-6-18/h7-10,15-16,18,25,28H,1-6,11-14H2,(H,27,30). The maximum Gasteiger partial charge on any atom is 0.261 e. The van der Waals surface area contributed by atoms with E-state index >= 15 is 0 Å². The summed E-state index contributed by atoms with van der Waals surface area (Å²) in [7, 11) is -3.85. The number of carbonyl (C=O) groups is 1. The zero-order chi connectivity index (χ0) is 23.3. The van der Waals surface area contributed by atoms with Gasteiger partial charge >= 0.3 is 0 Å². The number of sulfonamides is 1. The summed E-state index contributed by atoms with van der Waals surface area (Å²) in [5, 5.41) is 6.92. The van der Waals surface area contributed by atoms with Crippen molar-refractivity contribution in [2.45, 2.75) is 49.5 Å². The predicted molar refractivity (Wildman–Crippen MR) is 131 cm³/mol. The molecule has 1 aliphatic carbocycles. The van der Waals surface area contributed by atoms with E-state index in [2.05, 4.69) is 25.2 Å². The van der Waals surface area contributed by atoms with Crippen LogP contribution >= 0.6 is 11.6 Å². The molecule has 1 saturated carbocycles. The van der Waals surface area contributed by atoms with Crippen LogP contribution in [0, 0.1) is 0 Å². The second kappa shape index (κ2) is 10.7. The van der Waals surface area contributed by atoms with Crippen LogP contribution in [0.2, 0.25) is 5.02 Å². The summed E-state index contributed by atoms with van der Waals surface area (Å²) in [6, 6.07) is 7.63. The van der Waals surface area contributed by atoms with Crippen molar-refractivity contribution in [3.05, 3.63) is 47.1 Å². The number of carbonyl (C=O) groups excluding carboxylic acids is 1. The Bertz CT molecular complexity index is 1060. The Labute approximate surface area is 200 Å². The van der Waals surface area contributed by atoms with Crippen molar-refractivity contribution in [3.63, 3.8) is 0 Å². The van der Waals surface area contributed by atoms with Crippen LogP contribution in [-0.4, -0.2) is 51.5 Å². The molecule has 1 aromatic carbocycles. The van der Waals surface area contributed by atoms with E-state index in [0.29, 0.717) is 16.4 Å². The van der Waals surface area contributed by atoms with E-state index in [0.717, 1.165) is 51.9 Å². The molecule has 33 heavy (non-hydrogen) atoms. The number of hydrogen-bond acceptors (Lipinski definition) is 6. The van der Waals surface area contributed by atoms with Crippen LogP contribution in [0.4, 0.5) is 11.5 Å². The van der Waals surface area contributed by atoms with Gasteiger partial charge in [-0.05, 0) is 43.2 Å². The lowest BCUT2D eigenvalue weighted by molar-refractivity contribution is 0.0933. The Hall–Kier alpha value is -2.36. The summed E-state index contributed by atoms with van der Waals surface area (Å²) >= 11 is 5.88. The molecule has 3 N–H and O–H groups in total. The summed E-state index contributed by atoms with van der Waals surface area (Å²) in [5.74, 6) is 0.368. The van der Waals surface area contributed by atoms with Gasteiger partial charge in [0.25, 0.3) is 15.9 Å². The number of piperazine rings is 1. The van der Waals surface area contributed by atoms with Crippen LogP contribution in [0.1, 0.15) is 48.9 Å². The second-order valence-electron chi connectivity index (χ2n) is 8.55. The fourth-order valence-electron chi connectivity index (χ4n) is 4.32. The van der Waals surface area contributed by atoms with Gasteiger partial charge in [0.2, 0.25) is 0 Å². The molecule has 1 saturated heterocycles. The van der Waals surface area contributed by atoms with Gasteiger partial charge in [-0.25, -0.2) is 13.4 Å². The first-order valence-electron chi connectivity index (χ1n) is 11.5. The molecule has 2 fully saturated rings. The van der Waals surface area contributed by atoms with Crippen LogP contribution in [0.5, 0.6) is 0 Å². The van der Waals surface area contributed by atoms with Crippen molar-refractivity contribution in [1.29, 1.82) is 0 Å². The Morgan fingerprint density at radius 2 is 1.73 bits per heavy atom. The van der Waals surface area contributed by atoms with Gasteiger partial charge in [-0.1, -0.05) is 37.3 Å². The maximum absolute atomic E-state index is 13.3. The molecule has 2 aromatic rings. The van der Waals surface area contributed by atoms with E-state index in [1.165, 1.54) is 43.3 Å². The average molecular weight is 492 g/mol. The van der Waals surface area contributed by atoms with Crippen LogP contribution in [-0.2, 0) is 10.0 Å². The van der Waals surface area contributed by atoms with Crippen molar-refractivity contribution in [2.75, 3.05) is 35.8 Å². The van der Waals surface area contributed by atoms with Crippen LogP contribution in [0.15, 0.2) is 41.4 Å². The molecule has 2 heterocycles. The van der Waals surface area contributed by atoms with E-state index in [9.17, 15) is 13.2 Å². The fraction of sp³-hybridized carbons (Fsp3) is 0.478. The Morgan fingerprint density at radius 3 is 2.39 bits per heavy atom. The lowest BCUT2D eigenvalue weighted by atomic mass is 10.1. The third-order valence-electron chi connectivity index (χ3n) is 6.09. The quantitative estimate of drug-likeness (QED) is 0.535. The highest BCUT2D eigenvalue weighted by Gasteiger charge is 2.24. The molecule has 0 spiro atoms. The van der Waals surface area contributed by atoms with Gasteiger partial charge in [0, 0.05) is 37.2 Å². The van der Waals surface area contributed by atoms with E-state index in [1.807, 2.05) is 0 Å². The van der Waals surface area contributed by atoms with Crippen molar-refractivity contribution >= 4 is 39.0 Å². The third kappa shape index (κ3) is 6.16. The molecule has 0 radical (unpaired) electrons. The largest absolute Gasteiger partial charge is 0.353 e. The van der Waals surface area contributed by atoms with E-state index in [-0.39, 0.29) is 22.5 Å². The minimum Gasteiger partial charge on any atom is -0.353 e. The summed E-state index contributed by atoms with van der Waals surface area (Å²) in [6.45, 7) is 3.06. The second-order valence-corrected chi connectivity index (χ2v) is 10.7. The lowest BCUT2D eigenvalue weighted by Crippen LogP contribution is -2.45. The minimum atomic E-state index is -3.85. The number of hydrogen-bond donors (Lipinski definition) is 3. The van der Waals surface area contributed by atoms with Crippen LogP contribution < -0.4 is 20.3 Å². The van der Waals surface area contributed by atoms with Crippen molar-refractivity contribution in [1.82, 2.24) is 15.6 Å². The van der Waals surface area contributed by atoms with Crippen LogP contribution in [0.3, 0.4) is 0 Å². The molecular formula is C23H30ClN5O3S. The van der Waals surface area contributed by atoms with Gasteiger partial charge < -0.3 is 15.5 Å². The zero-order valence-electron chi connectivity index (χ0n) is 18.5. The minimum absolute atomic E-state index is 0.0857. The third-order valence-corrected chi connectivity index (χ3v) is 7.74. The summed E-state index contributed by atoms with van der Waals surface area (Å²) in [5.41, 5.74) is 0.632. The fourth-order valence-corrected chi connectivity index (χ4v) is 5.48. The predicted octanol–water partition coefficient (Wildman–Crippen LogP) is 3.40. The number of aromatic nitrogens is 1. The molecule has 1 aromatic heterocycles. The Balaban J connectivity index is 1.60. The zero-order valence-corrected chi connectivity index (χ0v) is 20.1. The number of amides is 1. The monoisotopic (exact) mass is 491 g/mol. The molecule has 8 nitrogen and oxygen atoms in total. The Kier molecular flexibility index (Phi) is 7.72. The van der Waals surface area contributed by atoms with Gasteiger partial charge in [0.15, 0.2) is 0 Å². The molecule has 4 rings (SSSR count). The molecule has 0 atom stereocenters. The van der Waals surface area contributed by atoms with Gasteiger partial charge in [-0.2, -0.15) is 0 Å². The highest BCUT2D eigenvalue weighted by atomic mass is 35.5. The number of pyridine rings is 1. The van der Waals surface area contributed by atoms with Crippen molar-refractivity contribution in [2.24, 2.45) is 0 Å². The van der Waals surface area contributed by atoms with Crippen LogP contribution in [0.25, 0.3) is 0 Å². The number of rotatable bonds is 6. The van der Waals surface area contributed by atoms with Gasteiger partial charge in [0.05, 0.1) is 22.3 Å². The van der Waals surface area contributed by atoms with Gasteiger partial charge in [-0.3, -0.25) is 9.52 Å². The first-order chi connectivity index (χ1) is 15.9. The molecule has 0 unspecified atom stereocenters. The Morgan fingerprint density at radius 1 is 1.06 bits per heavy atom. The number of benzene rings is 1. The lowest BCUT2D eigenvalue weighted by Gasteiger charge is -2.30. The number of nitrogens with one attached hydrogen (secondary N) is 3. The first kappa shape index (κ1) is 23.8. The molecule has 178 valence electrons. The van der Waals surface area contributed by atoms with Crippen molar-refractivity contribution < 1.29 is 13.2 Å². The summed E-state index contributed by atoms with van der Waals surface area (Å²) in [6.07, 6.45) is 8.00. The SMILES string of the molecule is O=C(NC1CCCCCC1)c1cc(NS(=O)(=O)c2ccc(Cl)cc2)cnc1N1CCNCC1. The van der Waals surface area contributed by atoms with Crippen molar-refractivity contribution in [3.8, 4) is 0 Å². The topological polar surface area (TPSA) is 103 Å². The summed E-state index contributed by atoms with van der Waals surface area (Å²) < 4.78 is 28.2. The number of anilines is 2. The number of halogens is 1. The van der Waals surface area contributed by atoms with Gasteiger partial charge in [0.1, 0.15) is 5.82 Å². The van der Waals surface area contributed by atoms with E-state index in [1.54, 1.807) is 6.07 Å². The highest BCUT2D eigenvalue weighted by molar-refractivity contribution is 7.92. The number of nitrogens with zero attached hydrogens (tertiary/aromatic N) is 2. The van der Waals surface area contributed by atoms with E-state index in [4.69, 9.17) is 11.6 Å². The normalized spacial score (nSPS) is 17.9. The average Bonchev–Trinajstić information content (AvgIpc) is 3.08.